The van der Waals surface area contributed by atoms with Crippen molar-refractivity contribution in [2.75, 3.05) is 12.0 Å². The Hall–Kier alpha value is -4.90. The number of benzene rings is 3. The number of aliphatic hydroxyl groups excluding tert-OH is 1. The van der Waals surface area contributed by atoms with E-state index < -0.39 is 23.7 Å². The smallest absolute Gasteiger partial charge is 0.308 e. The van der Waals surface area contributed by atoms with Crippen molar-refractivity contribution in [1.29, 1.82) is 5.26 Å². The molecular formula is C29H24N2O6. The molecule has 1 unspecified atom stereocenters. The Balaban J connectivity index is 1.96. The van der Waals surface area contributed by atoms with Gasteiger partial charge in [0.2, 0.25) is 0 Å². The Labute approximate surface area is 214 Å². The molecule has 1 amide bonds. The summed E-state index contributed by atoms with van der Waals surface area (Å²) in [6.07, 6.45) is 0. The molecule has 186 valence electrons. The Bertz CT molecular complexity index is 1480. The third-order valence-electron chi connectivity index (χ3n) is 6.05. The average Bonchev–Trinajstić information content (AvgIpc) is 3.13. The van der Waals surface area contributed by atoms with Crippen LogP contribution >= 0.6 is 0 Å². The Morgan fingerprint density at radius 3 is 2.24 bits per heavy atom. The van der Waals surface area contributed by atoms with E-state index in [2.05, 4.69) is 0 Å². The summed E-state index contributed by atoms with van der Waals surface area (Å²) in [5.41, 5.74) is 3.04. The predicted molar refractivity (Wildman–Crippen MR) is 136 cm³/mol. The molecule has 1 aliphatic rings. The first kappa shape index (κ1) is 25.2. The minimum absolute atomic E-state index is 0.113. The van der Waals surface area contributed by atoms with Crippen LogP contribution in [-0.2, 0) is 14.4 Å². The van der Waals surface area contributed by atoms with Gasteiger partial charge in [0.1, 0.15) is 17.3 Å². The van der Waals surface area contributed by atoms with E-state index in [9.17, 15) is 19.5 Å². The van der Waals surface area contributed by atoms with Gasteiger partial charge in [-0.2, -0.15) is 5.26 Å². The number of nitriles is 1. The lowest BCUT2D eigenvalue weighted by atomic mass is 9.93. The maximum atomic E-state index is 13.4. The van der Waals surface area contributed by atoms with Gasteiger partial charge in [0.05, 0.1) is 35.9 Å². The van der Waals surface area contributed by atoms with Crippen LogP contribution in [0.5, 0.6) is 11.5 Å². The molecular weight excluding hydrogens is 472 g/mol. The van der Waals surface area contributed by atoms with Gasteiger partial charge in [-0.1, -0.05) is 18.2 Å². The first-order valence-corrected chi connectivity index (χ1v) is 11.4. The van der Waals surface area contributed by atoms with E-state index in [1.807, 2.05) is 26.0 Å². The van der Waals surface area contributed by atoms with E-state index in [1.165, 1.54) is 18.9 Å². The number of nitrogens with zero attached hydrogens (tertiary/aromatic N) is 2. The predicted octanol–water partition coefficient (Wildman–Crippen LogP) is 4.74. The third-order valence-corrected chi connectivity index (χ3v) is 6.05. The zero-order valence-corrected chi connectivity index (χ0v) is 20.7. The van der Waals surface area contributed by atoms with Crippen LogP contribution in [0, 0.1) is 25.2 Å². The molecule has 1 saturated heterocycles. The molecule has 1 atom stereocenters. The van der Waals surface area contributed by atoms with Gasteiger partial charge in [0.25, 0.3) is 11.7 Å². The van der Waals surface area contributed by atoms with E-state index in [4.69, 9.17) is 14.7 Å². The number of ether oxygens (including phenoxy) is 2. The van der Waals surface area contributed by atoms with E-state index in [-0.39, 0.29) is 11.3 Å². The average molecular weight is 497 g/mol. The highest BCUT2D eigenvalue weighted by atomic mass is 16.5. The minimum Gasteiger partial charge on any atom is -0.507 e. The molecule has 4 rings (SSSR count). The van der Waals surface area contributed by atoms with Gasteiger partial charge < -0.3 is 14.6 Å². The van der Waals surface area contributed by atoms with Crippen LogP contribution in [0.3, 0.4) is 0 Å². The van der Waals surface area contributed by atoms with Crippen molar-refractivity contribution in [2.24, 2.45) is 0 Å². The first-order valence-electron chi connectivity index (χ1n) is 11.4. The number of aliphatic hydroxyl groups is 1. The number of ketones is 1. The number of hydrogen-bond donors (Lipinski definition) is 1. The van der Waals surface area contributed by atoms with Gasteiger partial charge in [-0.15, -0.1) is 0 Å². The van der Waals surface area contributed by atoms with Crippen molar-refractivity contribution in [1.82, 2.24) is 0 Å². The summed E-state index contributed by atoms with van der Waals surface area (Å²) in [6.45, 7) is 4.96. The number of rotatable bonds is 5. The number of carbonyl (C=O) groups excluding carboxylic acids is 3. The van der Waals surface area contributed by atoms with Crippen molar-refractivity contribution in [3.63, 3.8) is 0 Å². The summed E-state index contributed by atoms with van der Waals surface area (Å²) in [5, 5.41) is 20.7. The molecule has 0 aliphatic carbocycles. The van der Waals surface area contributed by atoms with E-state index in [0.29, 0.717) is 33.9 Å². The number of aryl methyl sites for hydroxylation is 2. The molecule has 3 aromatic rings. The summed E-state index contributed by atoms with van der Waals surface area (Å²) in [7, 11) is 1.47. The summed E-state index contributed by atoms with van der Waals surface area (Å²) in [4.78, 5) is 39.4. The van der Waals surface area contributed by atoms with Crippen LogP contribution in [0.15, 0.2) is 66.2 Å². The number of amides is 1. The summed E-state index contributed by atoms with van der Waals surface area (Å²) in [5.74, 6) is -1.87. The summed E-state index contributed by atoms with van der Waals surface area (Å²) in [6, 6.07) is 17.2. The highest BCUT2D eigenvalue weighted by molar-refractivity contribution is 6.51. The van der Waals surface area contributed by atoms with Gasteiger partial charge in [-0.3, -0.25) is 19.3 Å². The van der Waals surface area contributed by atoms with E-state index in [1.54, 1.807) is 54.6 Å². The molecule has 0 bridgehead atoms. The zero-order valence-electron chi connectivity index (χ0n) is 20.7. The van der Waals surface area contributed by atoms with Crippen LogP contribution in [0.2, 0.25) is 0 Å². The lowest BCUT2D eigenvalue weighted by Gasteiger charge is -2.26. The van der Waals surface area contributed by atoms with Crippen molar-refractivity contribution in [3.8, 4) is 17.6 Å². The second kappa shape index (κ2) is 9.99. The van der Waals surface area contributed by atoms with Crippen molar-refractivity contribution < 1.29 is 29.0 Å². The van der Waals surface area contributed by atoms with Gasteiger partial charge in [-0.25, -0.2) is 0 Å². The van der Waals surface area contributed by atoms with Gasteiger partial charge in [0.15, 0.2) is 0 Å². The Kier molecular flexibility index (Phi) is 6.81. The molecule has 3 aromatic carbocycles. The molecule has 0 saturated carbocycles. The van der Waals surface area contributed by atoms with Gasteiger partial charge in [-0.05, 0) is 73.0 Å². The van der Waals surface area contributed by atoms with Crippen molar-refractivity contribution in [3.05, 3.63) is 94.1 Å². The third kappa shape index (κ3) is 4.67. The number of methoxy groups -OCH3 is 1. The van der Waals surface area contributed by atoms with Gasteiger partial charge in [0, 0.05) is 12.6 Å². The zero-order chi connectivity index (χ0) is 26.9. The fraction of sp³-hybridized carbons (Fsp3) is 0.172. The molecule has 0 spiro atoms. The van der Waals surface area contributed by atoms with Crippen LogP contribution in [0.25, 0.3) is 5.76 Å². The fourth-order valence-electron chi connectivity index (χ4n) is 4.54. The van der Waals surface area contributed by atoms with E-state index in [0.717, 1.165) is 11.1 Å². The molecule has 1 fully saturated rings. The maximum absolute atomic E-state index is 13.4. The SMILES string of the molecule is COc1c(C)cc(C)cc1/C(O)=C1\C(=O)C(=O)N(c2ccc(C#N)cc2)C1c1ccc(OC(C)=O)cc1. The highest BCUT2D eigenvalue weighted by Gasteiger charge is 2.47. The number of carbonyl (C=O) groups is 3. The summed E-state index contributed by atoms with van der Waals surface area (Å²) >= 11 is 0. The maximum Gasteiger partial charge on any atom is 0.308 e. The van der Waals surface area contributed by atoms with Crippen LogP contribution in [0.1, 0.15) is 40.8 Å². The standard InChI is InChI=1S/C29H24N2O6/c1-16-13-17(2)28(36-4)23(14-16)26(33)24-25(20-7-11-22(12-8-20)37-18(3)32)31(29(35)27(24)34)21-9-5-19(15-30)6-10-21/h5-14,25,33H,1-4H3/b26-24+. The Morgan fingerprint density at radius 1 is 1.03 bits per heavy atom. The van der Waals surface area contributed by atoms with Crippen molar-refractivity contribution >= 4 is 29.1 Å². The topological polar surface area (TPSA) is 117 Å². The Morgan fingerprint density at radius 2 is 1.68 bits per heavy atom. The molecule has 8 nitrogen and oxygen atoms in total. The molecule has 0 aromatic heterocycles. The highest BCUT2D eigenvalue weighted by Crippen LogP contribution is 2.44. The van der Waals surface area contributed by atoms with Crippen LogP contribution in [0.4, 0.5) is 5.69 Å². The van der Waals surface area contributed by atoms with Crippen LogP contribution in [-0.4, -0.2) is 29.9 Å². The van der Waals surface area contributed by atoms with Crippen LogP contribution < -0.4 is 14.4 Å². The molecule has 0 radical (unpaired) electrons. The minimum atomic E-state index is -0.996. The van der Waals surface area contributed by atoms with Gasteiger partial charge >= 0.3 is 5.97 Å². The molecule has 1 aliphatic heterocycles. The largest absolute Gasteiger partial charge is 0.507 e. The second-order valence-corrected chi connectivity index (χ2v) is 8.65. The molecule has 8 heteroatoms. The number of esters is 1. The molecule has 1 N–H and O–H groups in total. The second-order valence-electron chi connectivity index (χ2n) is 8.65. The monoisotopic (exact) mass is 496 g/mol. The summed E-state index contributed by atoms with van der Waals surface area (Å²) < 4.78 is 10.6. The normalized spacial score (nSPS) is 16.4. The van der Waals surface area contributed by atoms with E-state index >= 15 is 0 Å². The number of Topliss-reactive ketones (excluding diaryl/α,β-unsaturated/α-hetero) is 1. The number of anilines is 1. The fourth-order valence-corrected chi connectivity index (χ4v) is 4.54. The lowest BCUT2D eigenvalue weighted by Crippen LogP contribution is -2.29. The first-order chi connectivity index (χ1) is 17.7. The van der Waals surface area contributed by atoms with Crippen molar-refractivity contribution in [2.45, 2.75) is 26.8 Å². The molecule has 37 heavy (non-hydrogen) atoms. The molecule has 1 heterocycles. The number of hydrogen-bond acceptors (Lipinski definition) is 7. The quantitative estimate of drug-likeness (QED) is 0.178. The lowest BCUT2D eigenvalue weighted by molar-refractivity contribution is -0.132.